The molecule has 0 aliphatic carbocycles. The fraction of sp³-hybridized carbons (Fsp3) is 1.00. The Hall–Kier alpha value is -0.0800. The second-order valence-corrected chi connectivity index (χ2v) is 6.33. The lowest BCUT2D eigenvalue weighted by atomic mass is 9.96. The maximum Gasteiger partial charge on any atom is 0.0728 e. The first-order valence-electron chi connectivity index (χ1n) is 9.23. The van der Waals surface area contributed by atoms with Gasteiger partial charge in [-0.15, -0.1) is 0 Å². The van der Waals surface area contributed by atoms with Crippen molar-refractivity contribution in [3.8, 4) is 0 Å². The Morgan fingerprint density at radius 3 is 2.25 bits per heavy atom. The van der Waals surface area contributed by atoms with Crippen LogP contribution in [0.1, 0.15) is 90.9 Å². The Labute approximate surface area is 127 Å². The molecular weight excluding hydrogens is 246 g/mol. The molecule has 1 rings (SSSR count). The number of nitrogens with one attached hydrogen (secondary N) is 1. The molecule has 1 N–H and O–H groups in total. The third-order valence-corrected chi connectivity index (χ3v) is 4.50. The number of hydrogen-bond donors (Lipinski definition) is 1. The molecule has 0 spiro atoms. The molecule has 20 heavy (non-hydrogen) atoms. The van der Waals surface area contributed by atoms with Gasteiger partial charge in [0.25, 0.3) is 0 Å². The van der Waals surface area contributed by atoms with Crippen LogP contribution in [0.25, 0.3) is 0 Å². The summed E-state index contributed by atoms with van der Waals surface area (Å²) >= 11 is 0. The molecular formula is C18H37NO. The zero-order valence-electron chi connectivity index (χ0n) is 14.0. The van der Waals surface area contributed by atoms with E-state index in [1.807, 2.05) is 0 Å². The van der Waals surface area contributed by atoms with Gasteiger partial charge in [0, 0.05) is 12.6 Å². The molecule has 0 radical (unpaired) electrons. The molecule has 0 amide bonds. The number of likely N-dealkylation sites (N-methyl/N-ethyl adjacent to an activating group) is 1. The summed E-state index contributed by atoms with van der Waals surface area (Å²) < 4.78 is 5.95. The molecule has 0 aromatic carbocycles. The van der Waals surface area contributed by atoms with E-state index in [0.29, 0.717) is 12.1 Å². The fourth-order valence-electron chi connectivity index (χ4n) is 3.26. The van der Waals surface area contributed by atoms with Crippen molar-refractivity contribution >= 4 is 0 Å². The van der Waals surface area contributed by atoms with Crippen LogP contribution in [-0.2, 0) is 4.74 Å². The van der Waals surface area contributed by atoms with Crippen molar-refractivity contribution in [1.29, 1.82) is 0 Å². The van der Waals surface area contributed by atoms with E-state index in [4.69, 9.17) is 4.74 Å². The van der Waals surface area contributed by atoms with E-state index in [9.17, 15) is 0 Å². The smallest absolute Gasteiger partial charge is 0.0728 e. The predicted octanol–water partition coefficient (Wildman–Crippen LogP) is 5.06. The van der Waals surface area contributed by atoms with Crippen molar-refractivity contribution in [2.45, 2.75) is 103 Å². The molecule has 1 saturated heterocycles. The first-order valence-corrected chi connectivity index (χ1v) is 9.23. The zero-order valence-corrected chi connectivity index (χ0v) is 14.0. The third-order valence-electron chi connectivity index (χ3n) is 4.50. The average Bonchev–Trinajstić information content (AvgIpc) is 2.50. The van der Waals surface area contributed by atoms with Crippen LogP contribution < -0.4 is 5.32 Å². The molecule has 0 aromatic rings. The largest absolute Gasteiger partial charge is 0.377 e. The summed E-state index contributed by atoms with van der Waals surface area (Å²) in [7, 11) is 0. The van der Waals surface area contributed by atoms with Gasteiger partial charge in [0.05, 0.1) is 6.10 Å². The van der Waals surface area contributed by atoms with E-state index >= 15 is 0 Å². The monoisotopic (exact) mass is 283 g/mol. The first kappa shape index (κ1) is 18.0. The van der Waals surface area contributed by atoms with Gasteiger partial charge in [0.2, 0.25) is 0 Å². The van der Waals surface area contributed by atoms with E-state index in [0.717, 1.165) is 13.2 Å². The van der Waals surface area contributed by atoms with Gasteiger partial charge in [-0.1, -0.05) is 65.2 Å². The summed E-state index contributed by atoms with van der Waals surface area (Å²) in [6.07, 6.45) is 16.9. The van der Waals surface area contributed by atoms with Crippen LogP contribution in [0.2, 0.25) is 0 Å². The van der Waals surface area contributed by atoms with Crippen LogP contribution in [0.3, 0.4) is 0 Å². The van der Waals surface area contributed by atoms with Gasteiger partial charge in [-0.3, -0.25) is 0 Å². The normalized spacial score (nSPS) is 21.0. The fourth-order valence-corrected chi connectivity index (χ4v) is 3.26. The van der Waals surface area contributed by atoms with Crippen molar-refractivity contribution < 1.29 is 4.74 Å². The highest BCUT2D eigenvalue weighted by atomic mass is 16.5. The van der Waals surface area contributed by atoms with Crippen LogP contribution in [0.15, 0.2) is 0 Å². The molecule has 1 aliphatic heterocycles. The van der Waals surface area contributed by atoms with Crippen LogP contribution in [0, 0.1) is 0 Å². The number of hydrogen-bond acceptors (Lipinski definition) is 2. The Kier molecular flexibility index (Phi) is 11.4. The third kappa shape index (κ3) is 8.26. The van der Waals surface area contributed by atoms with Crippen LogP contribution in [-0.4, -0.2) is 25.3 Å². The lowest BCUT2D eigenvalue weighted by molar-refractivity contribution is -0.00942. The molecule has 2 heteroatoms. The lowest BCUT2D eigenvalue weighted by Crippen LogP contribution is -2.42. The van der Waals surface area contributed by atoms with E-state index < -0.39 is 0 Å². The van der Waals surface area contributed by atoms with Crippen LogP contribution >= 0.6 is 0 Å². The molecule has 1 fully saturated rings. The summed E-state index contributed by atoms with van der Waals surface area (Å²) in [5, 5.41) is 3.65. The van der Waals surface area contributed by atoms with Gasteiger partial charge in [-0.25, -0.2) is 0 Å². The Morgan fingerprint density at radius 2 is 1.65 bits per heavy atom. The number of unbranched alkanes of at least 4 members (excludes halogenated alkanes) is 7. The van der Waals surface area contributed by atoms with Crippen LogP contribution in [0.4, 0.5) is 0 Å². The van der Waals surface area contributed by atoms with E-state index in [-0.39, 0.29) is 0 Å². The molecule has 0 aromatic heterocycles. The van der Waals surface area contributed by atoms with Crippen molar-refractivity contribution in [2.75, 3.05) is 13.2 Å². The van der Waals surface area contributed by atoms with Gasteiger partial charge in [0.15, 0.2) is 0 Å². The summed E-state index contributed by atoms with van der Waals surface area (Å²) in [5.41, 5.74) is 0. The minimum atomic E-state index is 0.480. The standard InChI is InChI=1S/C18H37NO/c1-3-5-6-7-8-9-10-11-14-17(19-4-2)18-15-12-13-16-20-18/h17-19H,3-16H2,1-2H3. The SMILES string of the molecule is CCCCCCCCCCC(NCC)C1CCCCO1. The Morgan fingerprint density at radius 1 is 0.950 bits per heavy atom. The minimum Gasteiger partial charge on any atom is -0.377 e. The van der Waals surface area contributed by atoms with Crippen molar-refractivity contribution in [1.82, 2.24) is 5.32 Å². The van der Waals surface area contributed by atoms with Gasteiger partial charge >= 0.3 is 0 Å². The molecule has 0 bridgehead atoms. The van der Waals surface area contributed by atoms with Gasteiger partial charge in [-0.05, 0) is 32.2 Å². The summed E-state index contributed by atoms with van der Waals surface area (Å²) in [5.74, 6) is 0. The summed E-state index contributed by atoms with van der Waals surface area (Å²) in [4.78, 5) is 0. The van der Waals surface area contributed by atoms with E-state index in [1.54, 1.807) is 0 Å². The molecule has 2 atom stereocenters. The first-order chi connectivity index (χ1) is 9.88. The summed E-state index contributed by atoms with van der Waals surface area (Å²) in [6, 6.07) is 0.598. The van der Waals surface area contributed by atoms with Crippen LogP contribution in [0.5, 0.6) is 0 Å². The second kappa shape index (κ2) is 12.6. The van der Waals surface area contributed by atoms with Crippen molar-refractivity contribution in [3.63, 3.8) is 0 Å². The Bertz CT molecular complexity index is 202. The van der Waals surface area contributed by atoms with Crippen molar-refractivity contribution in [3.05, 3.63) is 0 Å². The van der Waals surface area contributed by atoms with Gasteiger partial charge in [0.1, 0.15) is 0 Å². The quantitative estimate of drug-likeness (QED) is 0.505. The lowest BCUT2D eigenvalue weighted by Gasteiger charge is -2.31. The number of rotatable bonds is 12. The van der Waals surface area contributed by atoms with Crippen molar-refractivity contribution in [2.24, 2.45) is 0 Å². The molecule has 0 saturated carbocycles. The van der Waals surface area contributed by atoms with E-state index in [1.165, 1.54) is 77.0 Å². The highest BCUT2D eigenvalue weighted by Gasteiger charge is 2.23. The second-order valence-electron chi connectivity index (χ2n) is 6.33. The average molecular weight is 284 g/mol. The highest BCUT2D eigenvalue weighted by molar-refractivity contribution is 4.79. The predicted molar refractivity (Wildman–Crippen MR) is 88.3 cm³/mol. The molecule has 2 nitrogen and oxygen atoms in total. The molecule has 120 valence electrons. The molecule has 1 aliphatic rings. The minimum absolute atomic E-state index is 0.480. The number of ether oxygens (including phenoxy) is 1. The molecule has 1 heterocycles. The highest BCUT2D eigenvalue weighted by Crippen LogP contribution is 2.20. The topological polar surface area (TPSA) is 21.3 Å². The van der Waals surface area contributed by atoms with E-state index in [2.05, 4.69) is 19.2 Å². The zero-order chi connectivity index (χ0) is 14.5. The maximum absolute atomic E-state index is 5.95. The molecule has 2 unspecified atom stereocenters. The van der Waals surface area contributed by atoms with Gasteiger partial charge < -0.3 is 10.1 Å². The summed E-state index contributed by atoms with van der Waals surface area (Å²) in [6.45, 7) is 6.54. The van der Waals surface area contributed by atoms with Gasteiger partial charge in [-0.2, -0.15) is 0 Å². The maximum atomic E-state index is 5.95. The Balaban J connectivity index is 2.03.